The highest BCUT2D eigenvalue weighted by Crippen LogP contribution is 2.46. The fourth-order valence-corrected chi connectivity index (χ4v) is 3.07. The summed E-state index contributed by atoms with van der Waals surface area (Å²) in [4.78, 5) is 38.4. The fraction of sp³-hybridized carbons (Fsp3) is 0.474. The summed E-state index contributed by atoms with van der Waals surface area (Å²) in [5.74, 6) is -1.06. The van der Waals surface area contributed by atoms with E-state index in [1.807, 2.05) is 6.07 Å². The van der Waals surface area contributed by atoms with E-state index in [-0.39, 0.29) is 25.5 Å². The predicted molar refractivity (Wildman–Crippen MR) is 101 cm³/mol. The van der Waals surface area contributed by atoms with Crippen LogP contribution >= 0.6 is 0 Å². The number of methoxy groups -OCH3 is 1. The molecule has 0 saturated carbocycles. The van der Waals surface area contributed by atoms with Gasteiger partial charge in [-0.05, 0) is 26.3 Å². The molecule has 1 aliphatic heterocycles. The number of nitrogens with one attached hydrogen (secondary N) is 1. The zero-order chi connectivity index (χ0) is 20.7. The average Bonchev–Trinajstić information content (AvgIpc) is 3.43. The normalized spacial score (nSPS) is 22.0. The molecular formula is C19H25N3O6. The van der Waals surface area contributed by atoms with Crippen LogP contribution in [-0.4, -0.2) is 61.6 Å². The largest absolute Gasteiger partial charge is 0.467 e. The number of esters is 2. The Morgan fingerprint density at radius 3 is 2.39 bits per heavy atom. The molecule has 1 saturated heterocycles. The van der Waals surface area contributed by atoms with Crippen LogP contribution < -0.4 is 5.43 Å². The third-order valence-corrected chi connectivity index (χ3v) is 4.38. The van der Waals surface area contributed by atoms with Crippen molar-refractivity contribution in [2.24, 2.45) is 5.10 Å². The lowest BCUT2D eigenvalue weighted by Crippen LogP contribution is -2.43. The Morgan fingerprint density at radius 1 is 1.18 bits per heavy atom. The maximum Gasteiger partial charge on any atom is 0.427 e. The second-order valence-corrected chi connectivity index (χ2v) is 6.09. The Labute approximate surface area is 163 Å². The molecule has 0 spiro atoms. The Bertz CT molecular complexity index is 751. The van der Waals surface area contributed by atoms with Crippen LogP contribution in [0.2, 0.25) is 0 Å². The van der Waals surface area contributed by atoms with Crippen LogP contribution in [0.3, 0.4) is 0 Å². The SMILES string of the molecule is CCOC(=O)N/N=C(\C)C(C(=O)OCC)N1CC1(C(=O)OC)c1ccccc1. The first-order valence-corrected chi connectivity index (χ1v) is 8.96. The Hall–Kier alpha value is -2.94. The molecule has 9 heteroatoms. The average molecular weight is 391 g/mol. The highest BCUT2D eigenvalue weighted by molar-refractivity contribution is 6.06. The molecule has 1 aliphatic rings. The number of hydrogen-bond acceptors (Lipinski definition) is 8. The van der Waals surface area contributed by atoms with Crippen LogP contribution in [0, 0.1) is 0 Å². The molecule has 1 fully saturated rings. The molecule has 0 aliphatic carbocycles. The highest BCUT2D eigenvalue weighted by Gasteiger charge is 2.65. The summed E-state index contributed by atoms with van der Waals surface area (Å²) in [6, 6.07) is 8.06. The molecule has 1 aromatic carbocycles. The summed E-state index contributed by atoms with van der Waals surface area (Å²) in [6.45, 7) is 5.52. The van der Waals surface area contributed by atoms with Gasteiger partial charge < -0.3 is 14.2 Å². The van der Waals surface area contributed by atoms with Crippen molar-refractivity contribution in [2.75, 3.05) is 26.9 Å². The Balaban J connectivity index is 2.36. The van der Waals surface area contributed by atoms with E-state index >= 15 is 0 Å². The molecule has 152 valence electrons. The van der Waals surface area contributed by atoms with Crippen LogP contribution in [0.25, 0.3) is 0 Å². The minimum atomic E-state index is -1.12. The van der Waals surface area contributed by atoms with Crippen LogP contribution in [0.1, 0.15) is 26.3 Å². The number of hydrogen-bond donors (Lipinski definition) is 1. The molecule has 1 amide bonds. The maximum absolute atomic E-state index is 12.6. The summed E-state index contributed by atoms with van der Waals surface area (Å²) in [6.07, 6.45) is -0.738. The number of carbonyl (C=O) groups is 3. The van der Waals surface area contributed by atoms with Crippen LogP contribution in [0.15, 0.2) is 35.4 Å². The molecule has 3 unspecified atom stereocenters. The van der Waals surface area contributed by atoms with Crippen LogP contribution in [0.5, 0.6) is 0 Å². The van der Waals surface area contributed by atoms with E-state index in [2.05, 4.69) is 10.5 Å². The van der Waals surface area contributed by atoms with E-state index in [4.69, 9.17) is 14.2 Å². The fourth-order valence-electron chi connectivity index (χ4n) is 3.07. The second kappa shape index (κ2) is 9.32. The van der Waals surface area contributed by atoms with Gasteiger partial charge in [-0.25, -0.2) is 19.8 Å². The van der Waals surface area contributed by atoms with E-state index < -0.39 is 29.6 Å². The predicted octanol–water partition coefficient (Wildman–Crippen LogP) is 1.42. The van der Waals surface area contributed by atoms with Crippen LogP contribution in [-0.2, 0) is 29.3 Å². The first-order valence-electron chi connectivity index (χ1n) is 8.96. The van der Waals surface area contributed by atoms with Gasteiger partial charge in [0.15, 0.2) is 5.54 Å². The molecule has 9 nitrogen and oxygen atoms in total. The van der Waals surface area contributed by atoms with Crippen LogP contribution in [0.4, 0.5) is 4.79 Å². The van der Waals surface area contributed by atoms with Gasteiger partial charge in [-0.3, -0.25) is 4.90 Å². The van der Waals surface area contributed by atoms with Gasteiger partial charge in [0, 0.05) is 6.54 Å². The molecule has 28 heavy (non-hydrogen) atoms. The number of rotatable bonds is 8. The molecule has 1 heterocycles. The van der Waals surface area contributed by atoms with Crippen molar-refractivity contribution in [1.29, 1.82) is 0 Å². The zero-order valence-electron chi connectivity index (χ0n) is 16.4. The standard InChI is InChI=1S/C19H25N3O6/c1-5-27-16(23)15(13(3)20-21-18(25)28-6-2)22-12-19(22,17(24)26-4)14-10-8-7-9-11-14/h7-11,15H,5-6,12H2,1-4H3,(H,21,25)/b20-13+. The minimum Gasteiger partial charge on any atom is -0.467 e. The topological polar surface area (TPSA) is 106 Å². The molecule has 2 rings (SSSR count). The van der Waals surface area contributed by atoms with Crippen molar-refractivity contribution >= 4 is 23.7 Å². The Kier molecular flexibility index (Phi) is 7.11. The van der Waals surface area contributed by atoms with E-state index in [0.717, 1.165) is 0 Å². The first-order chi connectivity index (χ1) is 13.4. The third-order valence-electron chi connectivity index (χ3n) is 4.38. The van der Waals surface area contributed by atoms with Crippen molar-refractivity contribution in [3.63, 3.8) is 0 Å². The first kappa shape index (κ1) is 21.4. The van der Waals surface area contributed by atoms with Crippen molar-refractivity contribution in [1.82, 2.24) is 10.3 Å². The quantitative estimate of drug-likeness (QED) is 0.235. The lowest BCUT2D eigenvalue weighted by atomic mass is 9.98. The van der Waals surface area contributed by atoms with Gasteiger partial charge in [-0.15, -0.1) is 0 Å². The number of benzene rings is 1. The lowest BCUT2D eigenvalue weighted by molar-refractivity contribution is -0.148. The van der Waals surface area contributed by atoms with Crippen molar-refractivity contribution in [3.8, 4) is 0 Å². The molecule has 0 aromatic heterocycles. The zero-order valence-corrected chi connectivity index (χ0v) is 16.4. The number of amides is 1. The molecule has 3 atom stereocenters. The number of hydrazone groups is 1. The molecule has 0 radical (unpaired) electrons. The third kappa shape index (κ3) is 4.30. The number of ether oxygens (including phenoxy) is 3. The summed E-state index contributed by atoms with van der Waals surface area (Å²) in [5.41, 5.74) is 2.07. The van der Waals surface area contributed by atoms with Crippen molar-refractivity contribution < 1.29 is 28.6 Å². The van der Waals surface area contributed by atoms with Gasteiger partial charge in [0.1, 0.15) is 6.04 Å². The monoisotopic (exact) mass is 391 g/mol. The molecule has 1 aromatic rings. The lowest BCUT2D eigenvalue weighted by Gasteiger charge is -2.22. The second-order valence-electron chi connectivity index (χ2n) is 6.09. The van der Waals surface area contributed by atoms with E-state index in [0.29, 0.717) is 5.56 Å². The van der Waals surface area contributed by atoms with Crippen molar-refractivity contribution in [3.05, 3.63) is 35.9 Å². The van der Waals surface area contributed by atoms with E-state index in [1.165, 1.54) is 7.11 Å². The maximum atomic E-state index is 12.6. The van der Waals surface area contributed by atoms with Gasteiger partial charge in [0.05, 0.1) is 26.0 Å². The summed E-state index contributed by atoms with van der Waals surface area (Å²) in [7, 11) is 1.30. The summed E-state index contributed by atoms with van der Waals surface area (Å²) in [5, 5.41) is 3.95. The van der Waals surface area contributed by atoms with Gasteiger partial charge in [-0.1, -0.05) is 30.3 Å². The molecular weight excluding hydrogens is 366 g/mol. The smallest absolute Gasteiger partial charge is 0.427 e. The Morgan fingerprint density at radius 2 is 1.82 bits per heavy atom. The summed E-state index contributed by atoms with van der Waals surface area (Å²) >= 11 is 0. The number of carbonyl (C=O) groups excluding carboxylic acids is 3. The van der Waals surface area contributed by atoms with E-state index in [9.17, 15) is 14.4 Å². The highest BCUT2D eigenvalue weighted by atomic mass is 16.6. The van der Waals surface area contributed by atoms with Gasteiger partial charge in [-0.2, -0.15) is 5.10 Å². The minimum absolute atomic E-state index is 0.165. The van der Waals surface area contributed by atoms with E-state index in [1.54, 1.807) is 49.9 Å². The summed E-state index contributed by atoms with van der Waals surface area (Å²) < 4.78 is 14.9. The van der Waals surface area contributed by atoms with Gasteiger partial charge >= 0.3 is 18.0 Å². The molecule has 0 bridgehead atoms. The molecule has 1 N–H and O–H groups in total. The van der Waals surface area contributed by atoms with Gasteiger partial charge in [0.25, 0.3) is 0 Å². The number of nitrogens with zero attached hydrogens (tertiary/aromatic N) is 2. The van der Waals surface area contributed by atoms with Gasteiger partial charge in [0.2, 0.25) is 0 Å². The van der Waals surface area contributed by atoms with Crippen molar-refractivity contribution in [2.45, 2.75) is 32.4 Å².